The number of carbonyl (C=O) groups is 1. The standard InChI is InChI=1S/C26H24ClF6N3O2/c1-13(2)16-12-15(7-8-18(16)25(28,29)30)21-34-22(36-23(38)35-21)17-11-14(5-9-19(17)27)6-10-20(37)24(3,4)26(31,32)33/h5,7-9,11-13H,6,10H2,1-4H3,(H,34,35,36,38). The molecule has 0 amide bonds. The number of ketones is 1. The van der Waals surface area contributed by atoms with E-state index in [1.165, 1.54) is 30.3 Å². The maximum atomic E-state index is 13.4. The van der Waals surface area contributed by atoms with Crippen LogP contribution in [0.5, 0.6) is 0 Å². The van der Waals surface area contributed by atoms with Crippen molar-refractivity contribution in [3.05, 3.63) is 68.6 Å². The molecule has 1 heterocycles. The zero-order valence-electron chi connectivity index (χ0n) is 20.8. The van der Waals surface area contributed by atoms with E-state index in [2.05, 4.69) is 15.0 Å². The van der Waals surface area contributed by atoms with Gasteiger partial charge in [0.1, 0.15) is 17.0 Å². The molecule has 3 aromatic rings. The van der Waals surface area contributed by atoms with E-state index in [1.807, 2.05) is 0 Å². The Bertz CT molecular complexity index is 1410. The van der Waals surface area contributed by atoms with Gasteiger partial charge in [0.15, 0.2) is 5.82 Å². The fourth-order valence-corrected chi connectivity index (χ4v) is 3.92. The molecule has 204 valence electrons. The number of rotatable bonds is 7. The largest absolute Gasteiger partial charge is 0.416 e. The number of halogens is 7. The Hall–Kier alpha value is -3.21. The van der Waals surface area contributed by atoms with Gasteiger partial charge < -0.3 is 0 Å². The van der Waals surface area contributed by atoms with Crippen LogP contribution in [0.15, 0.2) is 41.2 Å². The van der Waals surface area contributed by atoms with E-state index in [0.717, 1.165) is 19.9 Å². The molecule has 1 aromatic heterocycles. The van der Waals surface area contributed by atoms with Gasteiger partial charge in [-0.3, -0.25) is 9.78 Å². The number of hydrogen-bond donors (Lipinski definition) is 1. The lowest BCUT2D eigenvalue weighted by Crippen LogP contribution is -2.39. The second kappa shape index (κ2) is 10.5. The fraction of sp³-hybridized carbons (Fsp3) is 0.385. The van der Waals surface area contributed by atoms with Crippen molar-refractivity contribution in [3.8, 4) is 22.8 Å². The van der Waals surface area contributed by atoms with E-state index in [-0.39, 0.29) is 46.2 Å². The summed E-state index contributed by atoms with van der Waals surface area (Å²) in [4.78, 5) is 35.1. The summed E-state index contributed by atoms with van der Waals surface area (Å²) < 4.78 is 79.8. The van der Waals surface area contributed by atoms with Crippen LogP contribution in [0, 0.1) is 5.41 Å². The minimum Gasteiger partial charge on any atom is -0.299 e. The van der Waals surface area contributed by atoms with Gasteiger partial charge in [-0.2, -0.15) is 31.3 Å². The summed E-state index contributed by atoms with van der Waals surface area (Å²) in [6.45, 7) is 4.85. The first-order valence-corrected chi connectivity index (χ1v) is 11.9. The first-order valence-electron chi connectivity index (χ1n) is 11.5. The lowest BCUT2D eigenvalue weighted by molar-refractivity contribution is -0.210. The number of aromatic nitrogens is 3. The fourth-order valence-electron chi connectivity index (χ4n) is 3.72. The number of benzene rings is 2. The van der Waals surface area contributed by atoms with Crippen molar-refractivity contribution in [1.29, 1.82) is 0 Å². The molecule has 1 N–H and O–H groups in total. The Morgan fingerprint density at radius 3 is 2.24 bits per heavy atom. The van der Waals surface area contributed by atoms with E-state index in [4.69, 9.17) is 11.6 Å². The number of aryl methyl sites for hydroxylation is 1. The van der Waals surface area contributed by atoms with Gasteiger partial charge in [-0.1, -0.05) is 37.6 Å². The number of aromatic amines is 1. The predicted octanol–water partition coefficient (Wildman–Crippen LogP) is 7.38. The van der Waals surface area contributed by atoms with Crippen LogP contribution in [0.4, 0.5) is 26.3 Å². The summed E-state index contributed by atoms with van der Waals surface area (Å²) in [6, 6.07) is 7.80. The molecule has 38 heavy (non-hydrogen) atoms. The minimum absolute atomic E-state index is 0.00640. The van der Waals surface area contributed by atoms with Crippen molar-refractivity contribution in [3.63, 3.8) is 0 Å². The van der Waals surface area contributed by atoms with Crippen LogP contribution in [0.3, 0.4) is 0 Å². The van der Waals surface area contributed by atoms with Crippen molar-refractivity contribution in [2.45, 2.75) is 58.8 Å². The van der Waals surface area contributed by atoms with E-state index in [9.17, 15) is 35.9 Å². The van der Waals surface area contributed by atoms with Crippen LogP contribution in [0.1, 0.15) is 56.7 Å². The number of nitrogens with zero attached hydrogens (tertiary/aromatic N) is 2. The molecule has 0 spiro atoms. The van der Waals surface area contributed by atoms with Crippen LogP contribution in [0.2, 0.25) is 5.02 Å². The first kappa shape index (κ1) is 29.3. The average molecular weight is 560 g/mol. The van der Waals surface area contributed by atoms with Gasteiger partial charge in [0, 0.05) is 17.5 Å². The van der Waals surface area contributed by atoms with Crippen molar-refractivity contribution in [2.75, 3.05) is 0 Å². The molecular weight excluding hydrogens is 536 g/mol. The van der Waals surface area contributed by atoms with E-state index >= 15 is 0 Å². The number of H-pyrrole nitrogens is 1. The van der Waals surface area contributed by atoms with Crippen LogP contribution < -0.4 is 5.69 Å². The predicted molar refractivity (Wildman–Crippen MR) is 131 cm³/mol. The van der Waals surface area contributed by atoms with Gasteiger partial charge in [0.05, 0.1) is 10.6 Å². The highest BCUT2D eigenvalue weighted by Gasteiger charge is 2.51. The van der Waals surface area contributed by atoms with Gasteiger partial charge in [-0.15, -0.1) is 0 Å². The molecule has 0 saturated heterocycles. The Kier molecular flexibility index (Phi) is 8.12. The molecule has 3 rings (SSSR count). The molecule has 0 bridgehead atoms. The van der Waals surface area contributed by atoms with Gasteiger partial charge in [-0.25, -0.2) is 9.78 Å². The lowest BCUT2D eigenvalue weighted by Gasteiger charge is -2.26. The van der Waals surface area contributed by atoms with Gasteiger partial charge >= 0.3 is 18.0 Å². The highest BCUT2D eigenvalue weighted by Crippen LogP contribution is 2.40. The SMILES string of the molecule is CC(C)c1cc(-c2nc(-c3cc(CCC(=O)C(C)(C)C(F)(F)F)ccc3Cl)[nH]c(=O)n2)ccc1C(F)(F)F. The first-order chi connectivity index (χ1) is 17.4. The van der Waals surface area contributed by atoms with Crippen molar-refractivity contribution in [2.24, 2.45) is 5.41 Å². The number of nitrogens with one attached hydrogen (secondary N) is 1. The van der Waals surface area contributed by atoms with E-state index < -0.39 is 40.7 Å². The third-order valence-electron chi connectivity index (χ3n) is 6.22. The van der Waals surface area contributed by atoms with Gasteiger partial charge in [-0.05, 0) is 61.6 Å². The third kappa shape index (κ3) is 6.25. The monoisotopic (exact) mass is 559 g/mol. The lowest BCUT2D eigenvalue weighted by atomic mass is 9.84. The number of carbonyl (C=O) groups excluding carboxylic acids is 1. The third-order valence-corrected chi connectivity index (χ3v) is 6.55. The summed E-state index contributed by atoms with van der Waals surface area (Å²) in [5.74, 6) is -1.64. The Balaban J connectivity index is 1.98. The molecule has 0 saturated carbocycles. The van der Waals surface area contributed by atoms with Gasteiger partial charge in [0.2, 0.25) is 0 Å². The second-order valence-electron chi connectivity index (χ2n) is 9.64. The molecule has 0 unspecified atom stereocenters. The van der Waals surface area contributed by atoms with Gasteiger partial charge in [0.25, 0.3) is 0 Å². The summed E-state index contributed by atoms with van der Waals surface area (Å²) in [7, 11) is 0. The summed E-state index contributed by atoms with van der Waals surface area (Å²) >= 11 is 6.29. The summed E-state index contributed by atoms with van der Waals surface area (Å²) in [6.07, 6.45) is -9.67. The van der Waals surface area contributed by atoms with Crippen molar-refractivity contribution in [1.82, 2.24) is 15.0 Å². The molecule has 0 aliphatic carbocycles. The molecule has 0 aliphatic heterocycles. The smallest absolute Gasteiger partial charge is 0.299 e. The molecule has 12 heteroatoms. The Morgan fingerprint density at radius 2 is 1.66 bits per heavy atom. The Morgan fingerprint density at radius 1 is 1.00 bits per heavy atom. The summed E-state index contributed by atoms with van der Waals surface area (Å²) in [5, 5.41) is 0.145. The van der Waals surface area contributed by atoms with E-state index in [0.29, 0.717) is 5.56 Å². The maximum Gasteiger partial charge on any atom is 0.416 e. The van der Waals surface area contributed by atoms with Crippen molar-refractivity contribution < 1.29 is 31.1 Å². The zero-order valence-corrected chi connectivity index (χ0v) is 21.6. The maximum absolute atomic E-state index is 13.4. The van der Waals surface area contributed by atoms with Crippen LogP contribution in [-0.4, -0.2) is 26.9 Å². The van der Waals surface area contributed by atoms with Crippen LogP contribution in [-0.2, 0) is 17.4 Å². The molecule has 5 nitrogen and oxygen atoms in total. The Labute approximate surface area is 219 Å². The molecule has 2 aromatic carbocycles. The number of alkyl halides is 6. The number of hydrogen-bond acceptors (Lipinski definition) is 4. The highest BCUT2D eigenvalue weighted by atomic mass is 35.5. The molecule has 0 fully saturated rings. The second-order valence-corrected chi connectivity index (χ2v) is 10.0. The highest BCUT2D eigenvalue weighted by molar-refractivity contribution is 6.33. The van der Waals surface area contributed by atoms with Crippen LogP contribution in [0.25, 0.3) is 22.8 Å². The zero-order chi connectivity index (χ0) is 28.6. The quantitative estimate of drug-likeness (QED) is 0.306. The van der Waals surface area contributed by atoms with Crippen molar-refractivity contribution >= 4 is 17.4 Å². The molecule has 0 atom stereocenters. The molecular formula is C26H24ClF6N3O2. The topological polar surface area (TPSA) is 75.7 Å². The minimum atomic E-state index is -4.69. The normalized spacial score (nSPS) is 12.7. The average Bonchev–Trinajstić information content (AvgIpc) is 2.81. The van der Waals surface area contributed by atoms with E-state index in [1.54, 1.807) is 13.8 Å². The number of Topliss-reactive ketones (excluding diaryl/α,β-unsaturated/α-hetero) is 1. The molecule has 0 aliphatic rings. The summed E-state index contributed by atoms with van der Waals surface area (Å²) in [5.41, 5.74) is -3.28. The van der Waals surface area contributed by atoms with Crippen LogP contribution >= 0.6 is 11.6 Å². The molecule has 0 radical (unpaired) electrons.